The van der Waals surface area contributed by atoms with Gasteiger partial charge < -0.3 is 0 Å². The van der Waals surface area contributed by atoms with Crippen LogP contribution in [0.15, 0.2) is 48.8 Å². The molecule has 0 aliphatic heterocycles. The topological polar surface area (TPSA) is 81.1 Å². The first-order valence-electron chi connectivity index (χ1n) is 9.39. The number of hydrogen-bond acceptors (Lipinski definition) is 4. The summed E-state index contributed by atoms with van der Waals surface area (Å²) >= 11 is 12.5. The zero-order chi connectivity index (χ0) is 24.1. The van der Waals surface area contributed by atoms with Gasteiger partial charge in [0.2, 0.25) is 10.0 Å². The van der Waals surface area contributed by atoms with Crippen molar-refractivity contribution in [3.05, 3.63) is 81.6 Å². The lowest BCUT2D eigenvalue weighted by molar-refractivity contribution is 0.0978. The van der Waals surface area contributed by atoms with Gasteiger partial charge in [-0.1, -0.05) is 29.3 Å². The Labute approximate surface area is 197 Å². The number of carbonyl (C=O) groups excluding carboxylic acids is 1. The van der Waals surface area contributed by atoms with Gasteiger partial charge in [-0.25, -0.2) is 26.9 Å². The molecular weight excluding hydrogens is 495 g/mol. The average molecular weight is 510 g/mol. The average Bonchev–Trinajstić information content (AvgIpc) is 3.06. The van der Waals surface area contributed by atoms with Crippen LogP contribution in [0, 0.1) is 18.6 Å². The first kappa shape index (κ1) is 23.2. The van der Waals surface area contributed by atoms with Crippen LogP contribution in [0.1, 0.15) is 15.9 Å². The molecule has 1 amide bonds. The summed E-state index contributed by atoms with van der Waals surface area (Å²) in [6.07, 6.45) is 3.85. The second kappa shape index (κ2) is 8.40. The third-order valence-corrected chi connectivity index (χ3v) is 5.97. The van der Waals surface area contributed by atoms with Crippen LogP contribution in [0.4, 0.5) is 8.78 Å². The number of halogens is 4. The molecule has 0 saturated heterocycles. The smallest absolute Gasteiger partial charge is 0.267 e. The van der Waals surface area contributed by atoms with Crippen molar-refractivity contribution in [2.75, 3.05) is 6.26 Å². The molecular formula is C22H15Cl2F2N3O3S. The molecule has 0 saturated carbocycles. The minimum absolute atomic E-state index is 0.0221. The number of nitrogens with one attached hydrogen (secondary N) is 1. The number of carbonyl (C=O) groups is 1. The van der Waals surface area contributed by atoms with Gasteiger partial charge in [-0.15, -0.1) is 0 Å². The summed E-state index contributed by atoms with van der Waals surface area (Å²) in [6.45, 7) is 1.75. The molecule has 0 bridgehead atoms. The molecule has 2 aromatic carbocycles. The number of pyridine rings is 1. The predicted octanol–water partition coefficient (Wildman–Crippen LogP) is 5.28. The first-order chi connectivity index (χ1) is 15.4. The molecule has 4 rings (SSSR count). The summed E-state index contributed by atoms with van der Waals surface area (Å²) in [7, 11) is -3.89. The fraction of sp³-hybridized carbons (Fsp3) is 0.0909. The van der Waals surface area contributed by atoms with Gasteiger partial charge in [-0.05, 0) is 42.3 Å². The largest absolute Gasteiger partial charge is 0.299 e. The summed E-state index contributed by atoms with van der Waals surface area (Å²) < 4.78 is 54.4. The normalized spacial score (nSPS) is 11.7. The van der Waals surface area contributed by atoms with Gasteiger partial charge in [-0.3, -0.25) is 9.36 Å². The van der Waals surface area contributed by atoms with Crippen molar-refractivity contribution in [3.8, 4) is 16.8 Å². The van der Waals surface area contributed by atoms with E-state index in [9.17, 15) is 22.0 Å². The van der Waals surface area contributed by atoms with Crippen LogP contribution in [0.3, 0.4) is 0 Å². The highest BCUT2D eigenvalue weighted by atomic mass is 35.5. The molecule has 2 heterocycles. The Balaban J connectivity index is 1.92. The van der Waals surface area contributed by atoms with Gasteiger partial charge in [0.25, 0.3) is 5.91 Å². The molecule has 0 aliphatic carbocycles. The monoisotopic (exact) mass is 509 g/mol. The Morgan fingerprint density at radius 2 is 1.82 bits per heavy atom. The third-order valence-electron chi connectivity index (χ3n) is 4.91. The van der Waals surface area contributed by atoms with Crippen molar-refractivity contribution in [1.82, 2.24) is 14.3 Å². The van der Waals surface area contributed by atoms with Gasteiger partial charge in [0.05, 0.1) is 27.6 Å². The maximum Gasteiger partial charge on any atom is 0.267 e. The van der Waals surface area contributed by atoms with E-state index >= 15 is 0 Å². The van der Waals surface area contributed by atoms with Gasteiger partial charge in [0.15, 0.2) is 0 Å². The van der Waals surface area contributed by atoms with Crippen LogP contribution < -0.4 is 4.72 Å². The Morgan fingerprint density at radius 3 is 2.48 bits per heavy atom. The summed E-state index contributed by atoms with van der Waals surface area (Å²) in [5, 5.41) is 0.963. The Bertz CT molecular complexity index is 1550. The van der Waals surface area contributed by atoms with E-state index < -0.39 is 27.3 Å². The van der Waals surface area contributed by atoms with Gasteiger partial charge >= 0.3 is 0 Å². The molecule has 0 unspecified atom stereocenters. The number of amides is 1. The minimum Gasteiger partial charge on any atom is -0.299 e. The van der Waals surface area contributed by atoms with E-state index in [1.165, 1.54) is 22.9 Å². The van der Waals surface area contributed by atoms with Crippen molar-refractivity contribution < 1.29 is 22.0 Å². The quantitative estimate of drug-likeness (QED) is 0.406. The summed E-state index contributed by atoms with van der Waals surface area (Å²) in [5.74, 6) is -2.51. The molecule has 11 heteroatoms. The Kier molecular flexibility index (Phi) is 5.90. The summed E-state index contributed by atoms with van der Waals surface area (Å²) in [4.78, 5) is 16.5. The minimum atomic E-state index is -3.89. The van der Waals surface area contributed by atoms with Crippen molar-refractivity contribution in [1.29, 1.82) is 0 Å². The Morgan fingerprint density at radius 1 is 1.09 bits per heavy atom. The second-order valence-electron chi connectivity index (χ2n) is 7.38. The maximum atomic E-state index is 14.8. The molecule has 6 nitrogen and oxygen atoms in total. The molecule has 0 aliphatic rings. The maximum absolute atomic E-state index is 14.8. The van der Waals surface area contributed by atoms with Crippen molar-refractivity contribution in [3.63, 3.8) is 0 Å². The molecule has 4 aromatic rings. The van der Waals surface area contributed by atoms with Crippen LogP contribution in [0.2, 0.25) is 10.0 Å². The zero-order valence-electron chi connectivity index (χ0n) is 17.2. The number of sulfonamides is 1. The molecule has 0 radical (unpaired) electrons. The first-order valence-corrected chi connectivity index (χ1v) is 12.0. The molecule has 2 aromatic heterocycles. The van der Waals surface area contributed by atoms with E-state index in [-0.39, 0.29) is 16.5 Å². The number of aromatic nitrogens is 2. The SMILES string of the molecule is Cc1cc(F)ccc1-c1cn(-c2cc(F)c(C(=O)NS(C)(=O)=O)cc2Cl)c2ncc(Cl)cc12. The van der Waals surface area contributed by atoms with Crippen LogP contribution in [-0.2, 0) is 10.0 Å². The molecule has 33 heavy (non-hydrogen) atoms. The van der Waals surface area contributed by atoms with E-state index in [4.69, 9.17) is 23.2 Å². The lowest BCUT2D eigenvalue weighted by atomic mass is 10.0. The van der Waals surface area contributed by atoms with Crippen LogP contribution in [-0.4, -0.2) is 30.1 Å². The number of hydrogen-bond donors (Lipinski definition) is 1. The van der Waals surface area contributed by atoms with Crippen molar-refractivity contribution in [2.24, 2.45) is 0 Å². The highest BCUT2D eigenvalue weighted by Gasteiger charge is 2.21. The van der Waals surface area contributed by atoms with E-state index in [1.54, 1.807) is 30.0 Å². The lowest BCUT2D eigenvalue weighted by Crippen LogP contribution is -2.30. The molecule has 0 spiro atoms. The van der Waals surface area contributed by atoms with Crippen molar-refractivity contribution in [2.45, 2.75) is 6.92 Å². The highest BCUT2D eigenvalue weighted by Crippen LogP contribution is 2.36. The summed E-state index contributed by atoms with van der Waals surface area (Å²) in [5.41, 5.74) is 2.07. The van der Waals surface area contributed by atoms with E-state index in [1.807, 2.05) is 0 Å². The molecule has 0 fully saturated rings. The number of nitrogens with zero attached hydrogens (tertiary/aromatic N) is 2. The molecule has 170 valence electrons. The van der Waals surface area contributed by atoms with E-state index in [0.717, 1.165) is 18.4 Å². The second-order valence-corrected chi connectivity index (χ2v) is 9.98. The fourth-order valence-corrected chi connectivity index (χ4v) is 4.39. The van der Waals surface area contributed by atoms with Gasteiger partial charge in [-0.2, -0.15) is 0 Å². The third kappa shape index (κ3) is 4.57. The summed E-state index contributed by atoms with van der Waals surface area (Å²) in [6, 6.07) is 8.06. The molecule has 0 atom stereocenters. The van der Waals surface area contributed by atoms with Gasteiger partial charge in [0, 0.05) is 29.4 Å². The number of rotatable bonds is 4. The standard InChI is InChI=1S/C22H15Cl2F2N3O3S/c1-11-5-13(25)3-4-14(11)17-10-29(21-15(17)6-12(23)9-27-21)20-8-19(26)16(7-18(20)24)22(30)28-33(2,31)32/h3-10H,1-2H3,(H,28,30). The number of fused-ring (bicyclic) bond motifs is 1. The number of aryl methyl sites for hydroxylation is 1. The fourth-order valence-electron chi connectivity index (χ4n) is 3.53. The van der Waals surface area contributed by atoms with Crippen LogP contribution >= 0.6 is 23.2 Å². The number of benzene rings is 2. The van der Waals surface area contributed by atoms with Gasteiger partial charge in [0.1, 0.15) is 17.3 Å². The van der Waals surface area contributed by atoms with Crippen LogP contribution in [0.5, 0.6) is 0 Å². The van der Waals surface area contributed by atoms with Crippen LogP contribution in [0.25, 0.3) is 27.8 Å². The predicted molar refractivity (Wildman–Crippen MR) is 123 cm³/mol. The lowest BCUT2D eigenvalue weighted by Gasteiger charge is -2.11. The zero-order valence-corrected chi connectivity index (χ0v) is 19.5. The van der Waals surface area contributed by atoms with E-state index in [0.29, 0.717) is 32.7 Å². The highest BCUT2D eigenvalue weighted by molar-refractivity contribution is 7.89. The Hall–Kier alpha value is -3.01. The van der Waals surface area contributed by atoms with E-state index in [2.05, 4.69) is 4.98 Å². The van der Waals surface area contributed by atoms with Crippen molar-refractivity contribution >= 4 is 50.2 Å². The molecule has 1 N–H and O–H groups in total.